The first-order valence-corrected chi connectivity index (χ1v) is 11.3. The molecule has 4 rings (SSSR count). The molecule has 0 spiro atoms. The summed E-state index contributed by atoms with van der Waals surface area (Å²) in [4.78, 5) is 2.12. The number of sulfonamides is 1. The number of fused-ring (bicyclic) bond motifs is 1. The number of aliphatic hydroxyl groups excluding tert-OH is 1. The second kappa shape index (κ2) is 7.60. The maximum atomic E-state index is 13.8. The van der Waals surface area contributed by atoms with Crippen LogP contribution in [0.3, 0.4) is 0 Å². The van der Waals surface area contributed by atoms with Gasteiger partial charge in [0, 0.05) is 43.7 Å². The summed E-state index contributed by atoms with van der Waals surface area (Å²) in [5.74, 6) is -0.701. The largest absolute Gasteiger partial charge is 0.395 e. The van der Waals surface area contributed by atoms with Crippen molar-refractivity contribution in [2.24, 2.45) is 11.7 Å². The summed E-state index contributed by atoms with van der Waals surface area (Å²) in [7, 11) is -3.18. The van der Waals surface area contributed by atoms with Gasteiger partial charge in [0.05, 0.1) is 11.9 Å². The summed E-state index contributed by atoms with van der Waals surface area (Å²) in [6.45, 7) is 1.65. The lowest BCUT2D eigenvalue weighted by Gasteiger charge is -2.48. The molecule has 9 heteroatoms. The number of benzene rings is 1. The summed E-state index contributed by atoms with van der Waals surface area (Å²) in [6.07, 6.45) is 2.13. The Labute approximate surface area is 164 Å². The van der Waals surface area contributed by atoms with Crippen LogP contribution in [0.15, 0.2) is 18.2 Å². The first-order valence-electron chi connectivity index (χ1n) is 9.84. The highest BCUT2D eigenvalue weighted by molar-refractivity contribution is 7.90. The van der Waals surface area contributed by atoms with E-state index in [0.29, 0.717) is 25.4 Å². The van der Waals surface area contributed by atoms with E-state index in [9.17, 15) is 22.3 Å². The number of hydrogen-bond donors (Lipinski definition) is 2. The Kier molecular flexibility index (Phi) is 5.47. The highest BCUT2D eigenvalue weighted by Gasteiger charge is 2.53. The highest BCUT2D eigenvalue weighted by atomic mass is 32.2. The van der Waals surface area contributed by atoms with Crippen molar-refractivity contribution in [2.45, 2.75) is 49.1 Å². The number of halogens is 2. The SMILES string of the molecule is NC(Cc1cc(F)ccc1F)CC(CO)N1CC2CN(S(=O)(=O)C3CC3)CC21. The quantitative estimate of drug-likeness (QED) is 0.653. The molecule has 2 aliphatic heterocycles. The fourth-order valence-electron chi connectivity index (χ4n) is 4.57. The fraction of sp³-hybridized carbons (Fsp3) is 0.684. The Hall–Kier alpha value is -1.13. The minimum absolute atomic E-state index is 0.0993. The second-order valence-corrected chi connectivity index (χ2v) is 10.6. The predicted octanol–water partition coefficient (Wildman–Crippen LogP) is 0.694. The third kappa shape index (κ3) is 3.82. The summed E-state index contributed by atoms with van der Waals surface area (Å²) in [5, 5.41) is 9.65. The fourth-order valence-corrected chi connectivity index (χ4v) is 6.49. The molecule has 4 unspecified atom stereocenters. The van der Waals surface area contributed by atoms with Crippen molar-refractivity contribution in [1.82, 2.24) is 9.21 Å². The van der Waals surface area contributed by atoms with E-state index in [0.717, 1.165) is 37.6 Å². The van der Waals surface area contributed by atoms with Crippen LogP contribution < -0.4 is 5.73 Å². The zero-order valence-corrected chi connectivity index (χ0v) is 16.5. The normalized spacial score (nSPS) is 28.0. The van der Waals surface area contributed by atoms with Gasteiger partial charge in [-0.25, -0.2) is 17.2 Å². The maximum absolute atomic E-state index is 13.8. The van der Waals surface area contributed by atoms with E-state index < -0.39 is 27.7 Å². The molecular weight excluding hydrogens is 388 g/mol. The molecule has 0 bridgehead atoms. The van der Waals surface area contributed by atoms with Gasteiger partial charge in [-0.2, -0.15) is 4.31 Å². The van der Waals surface area contributed by atoms with Crippen LogP contribution in [-0.2, 0) is 16.4 Å². The Balaban J connectivity index is 1.35. The van der Waals surface area contributed by atoms with Gasteiger partial charge in [-0.15, -0.1) is 0 Å². The Morgan fingerprint density at radius 2 is 1.96 bits per heavy atom. The van der Waals surface area contributed by atoms with Crippen LogP contribution in [0.2, 0.25) is 0 Å². The molecule has 1 saturated carbocycles. The molecule has 4 atom stereocenters. The lowest BCUT2D eigenvalue weighted by atomic mass is 9.88. The van der Waals surface area contributed by atoms with Crippen LogP contribution in [0.1, 0.15) is 24.8 Å². The molecule has 28 heavy (non-hydrogen) atoms. The zero-order valence-electron chi connectivity index (χ0n) is 15.7. The van der Waals surface area contributed by atoms with Crippen molar-refractivity contribution >= 4 is 10.0 Å². The van der Waals surface area contributed by atoms with Crippen molar-refractivity contribution in [3.05, 3.63) is 35.4 Å². The molecule has 0 radical (unpaired) electrons. The van der Waals surface area contributed by atoms with Crippen LogP contribution in [0, 0.1) is 17.6 Å². The van der Waals surface area contributed by atoms with E-state index in [-0.39, 0.29) is 35.9 Å². The summed E-state index contributed by atoms with van der Waals surface area (Å²) < 4.78 is 53.7. The van der Waals surface area contributed by atoms with Crippen molar-refractivity contribution in [2.75, 3.05) is 26.2 Å². The minimum Gasteiger partial charge on any atom is -0.395 e. The smallest absolute Gasteiger partial charge is 0.217 e. The van der Waals surface area contributed by atoms with Gasteiger partial charge in [0.25, 0.3) is 0 Å². The van der Waals surface area contributed by atoms with E-state index >= 15 is 0 Å². The van der Waals surface area contributed by atoms with Crippen molar-refractivity contribution < 1.29 is 22.3 Å². The van der Waals surface area contributed by atoms with Gasteiger partial charge >= 0.3 is 0 Å². The molecule has 3 aliphatic rings. The molecule has 6 nitrogen and oxygen atoms in total. The molecular formula is C19H27F2N3O3S. The van der Waals surface area contributed by atoms with Gasteiger partial charge in [0.15, 0.2) is 0 Å². The third-order valence-corrected chi connectivity index (χ3v) is 8.63. The average Bonchev–Trinajstić information content (AvgIpc) is 3.43. The van der Waals surface area contributed by atoms with Gasteiger partial charge in [-0.05, 0) is 49.4 Å². The van der Waals surface area contributed by atoms with Crippen LogP contribution in [0.4, 0.5) is 8.78 Å². The van der Waals surface area contributed by atoms with Gasteiger partial charge in [-0.1, -0.05) is 0 Å². The summed E-state index contributed by atoms with van der Waals surface area (Å²) in [5.41, 5.74) is 6.40. The van der Waals surface area contributed by atoms with Crippen molar-refractivity contribution in [3.8, 4) is 0 Å². The molecule has 2 heterocycles. The second-order valence-electron chi connectivity index (χ2n) is 8.36. The number of rotatable bonds is 8. The van der Waals surface area contributed by atoms with E-state index in [2.05, 4.69) is 4.90 Å². The van der Waals surface area contributed by atoms with Gasteiger partial charge in [0.2, 0.25) is 10.0 Å². The van der Waals surface area contributed by atoms with Crippen LogP contribution in [-0.4, -0.2) is 72.3 Å². The van der Waals surface area contributed by atoms with E-state index in [4.69, 9.17) is 5.73 Å². The summed E-state index contributed by atoms with van der Waals surface area (Å²) >= 11 is 0. The molecule has 1 aliphatic carbocycles. The molecule has 2 saturated heterocycles. The van der Waals surface area contributed by atoms with Gasteiger partial charge < -0.3 is 10.8 Å². The molecule has 1 aromatic carbocycles. The van der Waals surface area contributed by atoms with E-state index in [1.54, 1.807) is 4.31 Å². The van der Waals surface area contributed by atoms with Crippen LogP contribution >= 0.6 is 0 Å². The lowest BCUT2D eigenvalue weighted by molar-refractivity contribution is -0.0191. The maximum Gasteiger partial charge on any atom is 0.217 e. The standard InChI is InChI=1S/C19H27F2N3O3S/c20-14-1-4-18(21)12(5-14)6-15(22)7-16(11-25)24-9-13-8-23(10-19(13)24)28(26,27)17-2-3-17/h1,4-5,13,15-17,19,25H,2-3,6-11,22H2. The highest BCUT2D eigenvalue weighted by Crippen LogP contribution is 2.40. The first-order chi connectivity index (χ1) is 13.3. The molecule has 156 valence electrons. The van der Waals surface area contributed by atoms with Crippen molar-refractivity contribution in [3.63, 3.8) is 0 Å². The first kappa shape index (κ1) is 20.2. The number of hydrogen-bond acceptors (Lipinski definition) is 5. The number of aliphatic hydroxyl groups is 1. The minimum atomic E-state index is -3.18. The van der Waals surface area contributed by atoms with Crippen molar-refractivity contribution in [1.29, 1.82) is 0 Å². The average molecular weight is 416 g/mol. The van der Waals surface area contributed by atoms with Gasteiger partial charge in [-0.3, -0.25) is 4.90 Å². The number of likely N-dealkylation sites (tertiary alicyclic amines) is 1. The molecule has 0 aromatic heterocycles. The zero-order chi connectivity index (χ0) is 20.1. The predicted molar refractivity (Wildman–Crippen MR) is 101 cm³/mol. The Morgan fingerprint density at radius 1 is 1.21 bits per heavy atom. The van der Waals surface area contributed by atoms with E-state index in [1.165, 1.54) is 0 Å². The topological polar surface area (TPSA) is 86.9 Å². The third-order valence-electron chi connectivity index (χ3n) is 6.29. The Morgan fingerprint density at radius 3 is 2.64 bits per heavy atom. The molecule has 3 fully saturated rings. The Bertz CT molecular complexity index is 834. The monoisotopic (exact) mass is 415 g/mol. The van der Waals surface area contributed by atoms with Crippen LogP contribution in [0.5, 0.6) is 0 Å². The van der Waals surface area contributed by atoms with Crippen LogP contribution in [0.25, 0.3) is 0 Å². The van der Waals surface area contributed by atoms with E-state index in [1.807, 2.05) is 0 Å². The lowest BCUT2D eigenvalue weighted by Crippen LogP contribution is -2.61. The molecule has 0 amide bonds. The number of nitrogens with zero attached hydrogens (tertiary/aromatic N) is 2. The molecule has 3 N–H and O–H groups in total. The summed E-state index contributed by atoms with van der Waals surface area (Å²) in [6, 6.07) is 2.78. The molecule has 1 aromatic rings. The van der Waals surface area contributed by atoms with Gasteiger partial charge in [0.1, 0.15) is 11.6 Å². The number of nitrogens with two attached hydrogens (primary N) is 1.